The van der Waals surface area contributed by atoms with Gasteiger partial charge in [0.15, 0.2) is 0 Å². The van der Waals surface area contributed by atoms with Crippen LogP contribution >= 0.6 is 0 Å². The molecule has 0 N–H and O–H groups in total. The molecular weight excluding hydrogens is 366 g/mol. The van der Waals surface area contributed by atoms with Crippen LogP contribution in [0.1, 0.15) is 29.8 Å². The van der Waals surface area contributed by atoms with Crippen molar-refractivity contribution >= 4 is 22.7 Å². The van der Waals surface area contributed by atoms with Gasteiger partial charge in [0.05, 0.1) is 23.0 Å². The Balaban J connectivity index is 1.84. The molecule has 3 aromatic rings. The van der Waals surface area contributed by atoms with Gasteiger partial charge in [-0.25, -0.2) is 4.98 Å². The molecule has 1 atom stereocenters. The molecule has 1 aliphatic rings. The Kier molecular flexibility index (Phi) is 4.82. The van der Waals surface area contributed by atoms with E-state index in [-0.39, 0.29) is 11.8 Å². The Morgan fingerprint density at radius 2 is 2.03 bits per heavy atom. The smallest absolute Gasteiger partial charge is 0.255 e. The number of aromatic nitrogens is 3. The number of hydrogen-bond donors (Lipinski definition) is 0. The standard InChI is InChI=1S/C22H25N5O2/c1-5-26-13-16(12-23-26)19-11-18(17-7-6-14(2)10-20(17)24-19)22(29)27-9-8-25(4)21(28)15(27)3/h6-7,10-13,15H,5,8-9H2,1-4H3/t15-/m1/s1. The molecule has 3 heterocycles. The molecule has 2 aromatic heterocycles. The summed E-state index contributed by atoms with van der Waals surface area (Å²) >= 11 is 0. The van der Waals surface area contributed by atoms with Crippen molar-refractivity contribution in [2.75, 3.05) is 20.1 Å². The van der Waals surface area contributed by atoms with Gasteiger partial charge in [-0.15, -0.1) is 0 Å². The number of carbonyl (C=O) groups is 2. The van der Waals surface area contributed by atoms with Crippen molar-refractivity contribution in [1.29, 1.82) is 0 Å². The van der Waals surface area contributed by atoms with Gasteiger partial charge in [0.1, 0.15) is 6.04 Å². The van der Waals surface area contributed by atoms with E-state index in [9.17, 15) is 9.59 Å². The van der Waals surface area contributed by atoms with E-state index in [1.165, 1.54) is 0 Å². The summed E-state index contributed by atoms with van der Waals surface area (Å²) in [5, 5.41) is 5.13. The SMILES string of the molecule is CCn1cc(-c2cc(C(=O)N3CCN(C)C(=O)[C@H]3C)c3ccc(C)cc3n2)cn1. The molecule has 1 fully saturated rings. The largest absolute Gasteiger partial charge is 0.342 e. The fourth-order valence-corrected chi connectivity index (χ4v) is 3.78. The fourth-order valence-electron chi connectivity index (χ4n) is 3.78. The van der Waals surface area contributed by atoms with E-state index in [1.54, 1.807) is 30.0 Å². The second-order valence-electron chi connectivity index (χ2n) is 7.59. The second kappa shape index (κ2) is 7.31. The fraction of sp³-hybridized carbons (Fsp3) is 0.364. The van der Waals surface area contributed by atoms with Gasteiger partial charge < -0.3 is 9.80 Å². The molecule has 1 aromatic carbocycles. The summed E-state index contributed by atoms with van der Waals surface area (Å²) in [6, 6.07) is 7.24. The van der Waals surface area contributed by atoms with E-state index in [2.05, 4.69) is 5.10 Å². The lowest BCUT2D eigenvalue weighted by molar-refractivity contribution is -0.137. The minimum atomic E-state index is -0.485. The van der Waals surface area contributed by atoms with Crippen molar-refractivity contribution in [2.45, 2.75) is 33.4 Å². The van der Waals surface area contributed by atoms with Crippen LogP contribution in [0.2, 0.25) is 0 Å². The molecule has 0 aliphatic carbocycles. The van der Waals surface area contributed by atoms with Crippen LogP contribution in [0.25, 0.3) is 22.2 Å². The van der Waals surface area contributed by atoms with Gasteiger partial charge in [-0.1, -0.05) is 12.1 Å². The van der Waals surface area contributed by atoms with Crippen LogP contribution < -0.4 is 0 Å². The Labute approximate surface area is 169 Å². The molecule has 29 heavy (non-hydrogen) atoms. The highest BCUT2D eigenvalue weighted by atomic mass is 16.2. The number of likely N-dealkylation sites (N-methyl/N-ethyl adjacent to an activating group) is 1. The predicted octanol–water partition coefficient (Wildman–Crippen LogP) is 2.73. The Morgan fingerprint density at radius 1 is 1.24 bits per heavy atom. The van der Waals surface area contributed by atoms with Crippen molar-refractivity contribution < 1.29 is 9.59 Å². The number of benzene rings is 1. The maximum absolute atomic E-state index is 13.5. The van der Waals surface area contributed by atoms with Crippen LogP contribution in [0.3, 0.4) is 0 Å². The number of rotatable bonds is 3. The van der Waals surface area contributed by atoms with Crippen LogP contribution in [-0.2, 0) is 11.3 Å². The quantitative estimate of drug-likeness (QED) is 0.688. The molecule has 0 saturated carbocycles. The molecule has 7 nitrogen and oxygen atoms in total. The predicted molar refractivity (Wildman–Crippen MR) is 112 cm³/mol. The zero-order valence-corrected chi connectivity index (χ0v) is 17.2. The van der Waals surface area contributed by atoms with E-state index in [4.69, 9.17) is 4.98 Å². The van der Waals surface area contributed by atoms with Crippen molar-refractivity contribution in [2.24, 2.45) is 0 Å². The van der Waals surface area contributed by atoms with Crippen LogP contribution in [0, 0.1) is 6.92 Å². The van der Waals surface area contributed by atoms with Crippen molar-refractivity contribution in [3.05, 3.63) is 47.8 Å². The molecule has 150 valence electrons. The van der Waals surface area contributed by atoms with Crippen molar-refractivity contribution in [1.82, 2.24) is 24.6 Å². The van der Waals surface area contributed by atoms with Gasteiger partial charge in [0, 0.05) is 43.8 Å². The molecule has 0 spiro atoms. The molecule has 7 heteroatoms. The average molecular weight is 391 g/mol. The number of hydrogen-bond acceptors (Lipinski definition) is 4. The zero-order chi connectivity index (χ0) is 20.7. The first kappa shape index (κ1) is 19.1. The Morgan fingerprint density at radius 3 is 2.76 bits per heavy atom. The number of aryl methyl sites for hydroxylation is 2. The molecule has 1 aliphatic heterocycles. The van der Waals surface area contributed by atoms with Crippen LogP contribution in [0.5, 0.6) is 0 Å². The van der Waals surface area contributed by atoms with Gasteiger partial charge in [-0.2, -0.15) is 5.10 Å². The van der Waals surface area contributed by atoms with Gasteiger partial charge in [-0.3, -0.25) is 14.3 Å². The normalized spacial score (nSPS) is 17.2. The maximum Gasteiger partial charge on any atom is 0.255 e. The highest BCUT2D eigenvalue weighted by molar-refractivity contribution is 6.08. The lowest BCUT2D eigenvalue weighted by Crippen LogP contribution is -2.56. The number of pyridine rings is 1. The van der Waals surface area contributed by atoms with E-state index < -0.39 is 6.04 Å². The summed E-state index contributed by atoms with van der Waals surface area (Å²) < 4.78 is 1.83. The Hall–Kier alpha value is -3.22. The first-order valence-corrected chi connectivity index (χ1v) is 9.89. The summed E-state index contributed by atoms with van der Waals surface area (Å²) in [7, 11) is 1.77. The molecule has 4 rings (SSSR count). The minimum Gasteiger partial charge on any atom is -0.342 e. The van der Waals surface area contributed by atoms with E-state index in [1.807, 2.05) is 49.0 Å². The lowest BCUT2D eigenvalue weighted by Gasteiger charge is -2.37. The third-order valence-electron chi connectivity index (χ3n) is 5.59. The van der Waals surface area contributed by atoms with Crippen LogP contribution in [0.15, 0.2) is 36.7 Å². The summed E-state index contributed by atoms with van der Waals surface area (Å²) in [5.41, 5.74) is 3.99. The number of piperazine rings is 1. The molecule has 0 unspecified atom stereocenters. The second-order valence-corrected chi connectivity index (χ2v) is 7.59. The van der Waals surface area contributed by atoms with Gasteiger partial charge >= 0.3 is 0 Å². The van der Waals surface area contributed by atoms with Crippen molar-refractivity contribution in [3.8, 4) is 11.3 Å². The summed E-state index contributed by atoms with van der Waals surface area (Å²) in [6.45, 7) is 7.63. The number of fused-ring (bicyclic) bond motifs is 1. The average Bonchev–Trinajstić information content (AvgIpc) is 3.20. The minimum absolute atomic E-state index is 0.0387. The first-order valence-electron chi connectivity index (χ1n) is 9.89. The molecular formula is C22H25N5O2. The molecule has 0 bridgehead atoms. The van der Waals surface area contributed by atoms with E-state index in [0.29, 0.717) is 24.3 Å². The third kappa shape index (κ3) is 3.37. The third-order valence-corrected chi connectivity index (χ3v) is 5.59. The highest BCUT2D eigenvalue weighted by Gasteiger charge is 2.33. The summed E-state index contributed by atoms with van der Waals surface area (Å²) in [6.07, 6.45) is 3.70. The zero-order valence-electron chi connectivity index (χ0n) is 17.2. The van der Waals surface area contributed by atoms with Crippen LogP contribution in [0.4, 0.5) is 0 Å². The summed E-state index contributed by atoms with van der Waals surface area (Å²) in [5.74, 6) is -0.178. The van der Waals surface area contributed by atoms with Gasteiger partial charge in [0.25, 0.3) is 5.91 Å². The number of nitrogens with zero attached hydrogens (tertiary/aromatic N) is 5. The molecule has 0 radical (unpaired) electrons. The maximum atomic E-state index is 13.5. The molecule has 2 amide bonds. The van der Waals surface area contributed by atoms with Crippen LogP contribution in [-0.4, -0.2) is 62.6 Å². The van der Waals surface area contributed by atoms with E-state index >= 15 is 0 Å². The monoisotopic (exact) mass is 391 g/mol. The topological polar surface area (TPSA) is 71.3 Å². The molecule has 1 saturated heterocycles. The highest BCUT2D eigenvalue weighted by Crippen LogP contribution is 2.27. The summed E-state index contributed by atoms with van der Waals surface area (Å²) in [4.78, 5) is 34.1. The lowest BCUT2D eigenvalue weighted by atomic mass is 10.0. The Bertz CT molecular complexity index is 1100. The first-order chi connectivity index (χ1) is 13.9. The van der Waals surface area contributed by atoms with Gasteiger partial charge in [0.2, 0.25) is 5.91 Å². The van der Waals surface area contributed by atoms with Gasteiger partial charge in [-0.05, 0) is 38.5 Å². The number of amides is 2. The van der Waals surface area contributed by atoms with E-state index in [0.717, 1.165) is 28.6 Å². The number of carbonyl (C=O) groups excluding carboxylic acids is 2. The van der Waals surface area contributed by atoms with Crippen molar-refractivity contribution in [3.63, 3.8) is 0 Å².